The fourth-order valence-electron chi connectivity index (χ4n) is 2.82. The molecule has 8 heteroatoms. The number of carbonyl (C=O) groups excluding carboxylic acids is 1. The van der Waals surface area contributed by atoms with Crippen LogP contribution in [0.3, 0.4) is 0 Å². The van der Waals surface area contributed by atoms with Crippen LogP contribution in [0.25, 0.3) is 0 Å². The number of nitrogens with one attached hydrogen (secondary N) is 2. The van der Waals surface area contributed by atoms with Crippen LogP contribution in [0, 0.1) is 6.92 Å². The lowest BCUT2D eigenvalue weighted by Gasteiger charge is -2.07. The van der Waals surface area contributed by atoms with Gasteiger partial charge in [-0.1, -0.05) is 12.1 Å². The first-order valence-corrected chi connectivity index (χ1v) is 9.56. The number of anilines is 1. The highest BCUT2D eigenvalue weighted by Crippen LogP contribution is 2.34. The Hall–Kier alpha value is -2.55. The third kappa shape index (κ3) is 3.67. The van der Waals surface area contributed by atoms with E-state index in [1.54, 1.807) is 18.3 Å². The van der Waals surface area contributed by atoms with Crippen LogP contribution in [0.4, 0.5) is 11.4 Å². The maximum Gasteiger partial charge on any atom is 0.240 e. The second-order valence-electron chi connectivity index (χ2n) is 5.90. The smallest absolute Gasteiger partial charge is 0.240 e. The highest BCUT2D eigenvalue weighted by Gasteiger charge is 2.30. The van der Waals surface area contributed by atoms with Crippen molar-refractivity contribution in [1.82, 2.24) is 4.72 Å². The number of fused-ring (bicyclic) bond motifs is 1. The fourth-order valence-corrected chi connectivity index (χ4v) is 3.84. The van der Waals surface area contributed by atoms with Gasteiger partial charge in [-0.15, -0.1) is 0 Å². The molecule has 2 aromatic rings. The number of rotatable bonds is 6. The number of hydrogen-bond donors (Lipinski definition) is 3. The molecule has 26 heavy (non-hydrogen) atoms. The van der Waals surface area contributed by atoms with Crippen molar-refractivity contribution in [3.05, 3.63) is 53.6 Å². The minimum absolute atomic E-state index is 0.0439. The van der Waals surface area contributed by atoms with Crippen molar-refractivity contribution in [3.8, 4) is 0 Å². The molecule has 0 bridgehead atoms. The Morgan fingerprint density at radius 2 is 1.96 bits per heavy atom. The van der Waals surface area contributed by atoms with Gasteiger partial charge < -0.3 is 10.4 Å². The minimum Gasteiger partial charge on any atom is -0.395 e. The van der Waals surface area contributed by atoms with Crippen LogP contribution in [0.5, 0.6) is 0 Å². The summed E-state index contributed by atoms with van der Waals surface area (Å²) >= 11 is 0. The van der Waals surface area contributed by atoms with Gasteiger partial charge in [-0.05, 0) is 48.4 Å². The van der Waals surface area contributed by atoms with Crippen molar-refractivity contribution >= 4 is 33.5 Å². The van der Waals surface area contributed by atoms with Crippen molar-refractivity contribution in [2.45, 2.75) is 17.7 Å². The molecule has 1 aliphatic heterocycles. The van der Waals surface area contributed by atoms with Crippen molar-refractivity contribution in [3.63, 3.8) is 0 Å². The van der Waals surface area contributed by atoms with Crippen molar-refractivity contribution in [2.24, 2.45) is 4.99 Å². The first-order valence-electron chi connectivity index (χ1n) is 8.07. The Balaban J connectivity index is 1.79. The third-order valence-corrected chi connectivity index (χ3v) is 5.58. The molecular weight excluding hydrogens is 354 g/mol. The summed E-state index contributed by atoms with van der Waals surface area (Å²) in [5.41, 5.74) is 3.26. The fraction of sp³-hybridized carbons (Fsp3) is 0.222. The van der Waals surface area contributed by atoms with Crippen LogP contribution < -0.4 is 10.0 Å². The standard InChI is InChI=1S/C18H19N3O4S/c1-12-3-2-4-16-17(12)15(18(23)21-16)11-19-13-5-7-14(8-6-13)26(24,25)20-9-10-22/h2-8,11,15,20,22H,9-10H2,1H3,(H,21,23). The van der Waals surface area contributed by atoms with Gasteiger partial charge in [0.15, 0.2) is 0 Å². The molecule has 0 aromatic heterocycles. The van der Waals surface area contributed by atoms with E-state index in [0.29, 0.717) is 5.69 Å². The zero-order chi connectivity index (χ0) is 18.7. The highest BCUT2D eigenvalue weighted by atomic mass is 32.2. The lowest BCUT2D eigenvalue weighted by Crippen LogP contribution is -2.26. The molecule has 0 aliphatic carbocycles. The lowest BCUT2D eigenvalue weighted by atomic mass is 9.97. The minimum atomic E-state index is -3.65. The number of benzene rings is 2. The molecule has 3 N–H and O–H groups in total. The molecule has 0 fully saturated rings. The molecule has 2 aromatic carbocycles. The predicted octanol–water partition coefficient (Wildman–Crippen LogP) is 1.70. The largest absolute Gasteiger partial charge is 0.395 e. The predicted molar refractivity (Wildman–Crippen MR) is 99.4 cm³/mol. The average molecular weight is 373 g/mol. The summed E-state index contributed by atoms with van der Waals surface area (Å²) in [6.45, 7) is 1.63. The number of aryl methyl sites for hydroxylation is 1. The molecule has 0 saturated carbocycles. The first kappa shape index (κ1) is 18.2. The average Bonchev–Trinajstić information content (AvgIpc) is 2.95. The zero-order valence-corrected chi connectivity index (χ0v) is 15.0. The maximum absolute atomic E-state index is 12.2. The molecule has 1 amide bonds. The second kappa shape index (κ2) is 7.36. The van der Waals surface area contributed by atoms with Gasteiger partial charge in [0.1, 0.15) is 5.92 Å². The van der Waals surface area contributed by atoms with Gasteiger partial charge in [0, 0.05) is 18.4 Å². The summed E-state index contributed by atoms with van der Waals surface area (Å²) in [4.78, 5) is 16.6. The van der Waals surface area contributed by atoms with Gasteiger partial charge in [0.05, 0.1) is 17.2 Å². The van der Waals surface area contributed by atoms with Gasteiger partial charge in [-0.3, -0.25) is 9.79 Å². The van der Waals surface area contributed by atoms with Crippen LogP contribution in [0.2, 0.25) is 0 Å². The second-order valence-corrected chi connectivity index (χ2v) is 7.66. The van der Waals surface area contributed by atoms with Crippen LogP contribution in [-0.2, 0) is 14.8 Å². The summed E-state index contributed by atoms with van der Waals surface area (Å²) < 4.78 is 26.2. The van der Waals surface area contributed by atoms with E-state index < -0.39 is 15.9 Å². The lowest BCUT2D eigenvalue weighted by molar-refractivity contribution is -0.115. The number of carbonyl (C=O) groups is 1. The SMILES string of the molecule is Cc1cccc2c1C(C=Nc1ccc(S(=O)(=O)NCCO)cc1)C(=O)N2. The molecule has 1 aliphatic rings. The summed E-state index contributed by atoms with van der Waals surface area (Å²) in [6, 6.07) is 11.7. The Bertz CT molecular complexity index is 953. The number of nitrogens with zero attached hydrogens (tertiary/aromatic N) is 1. The van der Waals surface area contributed by atoms with Gasteiger partial charge in [0.2, 0.25) is 15.9 Å². The molecule has 1 heterocycles. The van der Waals surface area contributed by atoms with E-state index in [4.69, 9.17) is 5.11 Å². The summed E-state index contributed by atoms with van der Waals surface area (Å²) in [5, 5.41) is 11.6. The Morgan fingerprint density at radius 1 is 1.23 bits per heavy atom. The van der Waals surface area contributed by atoms with Gasteiger partial charge in [-0.2, -0.15) is 0 Å². The number of aliphatic imine (C=N–C) groups is 1. The summed E-state index contributed by atoms with van der Waals surface area (Å²) in [7, 11) is -3.65. The molecular formula is C18H19N3O4S. The normalized spacial score (nSPS) is 16.7. The van der Waals surface area contributed by atoms with E-state index in [2.05, 4.69) is 15.0 Å². The molecule has 7 nitrogen and oxygen atoms in total. The number of aliphatic hydroxyl groups is 1. The van der Waals surface area contributed by atoms with Crippen molar-refractivity contribution in [2.75, 3.05) is 18.5 Å². The van der Waals surface area contributed by atoms with Crippen molar-refractivity contribution < 1.29 is 18.3 Å². The van der Waals surface area contributed by atoms with E-state index >= 15 is 0 Å². The number of sulfonamides is 1. The summed E-state index contributed by atoms with van der Waals surface area (Å²) in [6.07, 6.45) is 1.57. The van der Waals surface area contributed by atoms with Crippen LogP contribution >= 0.6 is 0 Å². The van der Waals surface area contributed by atoms with Crippen LogP contribution in [0.1, 0.15) is 17.0 Å². The van der Waals surface area contributed by atoms with E-state index in [-0.39, 0.29) is 24.0 Å². The highest BCUT2D eigenvalue weighted by molar-refractivity contribution is 7.89. The van der Waals surface area contributed by atoms with E-state index in [0.717, 1.165) is 16.8 Å². The first-order chi connectivity index (χ1) is 12.4. The van der Waals surface area contributed by atoms with Crippen LogP contribution in [-0.4, -0.2) is 38.8 Å². The number of amides is 1. The van der Waals surface area contributed by atoms with Gasteiger partial charge in [-0.25, -0.2) is 13.1 Å². The van der Waals surface area contributed by atoms with E-state index in [1.165, 1.54) is 12.1 Å². The zero-order valence-electron chi connectivity index (χ0n) is 14.1. The Labute approximate surface area is 151 Å². The third-order valence-electron chi connectivity index (χ3n) is 4.10. The van der Waals surface area contributed by atoms with Crippen molar-refractivity contribution in [1.29, 1.82) is 0 Å². The van der Waals surface area contributed by atoms with Gasteiger partial charge in [0.25, 0.3) is 0 Å². The number of aliphatic hydroxyl groups excluding tert-OH is 1. The Kier molecular flexibility index (Phi) is 5.17. The summed E-state index contributed by atoms with van der Waals surface area (Å²) in [5.74, 6) is -0.605. The number of hydrogen-bond acceptors (Lipinski definition) is 5. The van der Waals surface area contributed by atoms with E-state index in [9.17, 15) is 13.2 Å². The molecule has 0 spiro atoms. The molecule has 136 valence electrons. The molecule has 0 radical (unpaired) electrons. The van der Waals surface area contributed by atoms with Crippen LogP contribution in [0.15, 0.2) is 52.4 Å². The van der Waals surface area contributed by atoms with Gasteiger partial charge >= 0.3 is 0 Å². The molecule has 3 rings (SSSR count). The molecule has 0 saturated heterocycles. The molecule has 1 unspecified atom stereocenters. The maximum atomic E-state index is 12.2. The van der Waals surface area contributed by atoms with E-state index in [1.807, 2.05) is 25.1 Å². The topological polar surface area (TPSA) is 108 Å². The quantitative estimate of drug-likeness (QED) is 0.670. The molecule has 1 atom stereocenters. The monoisotopic (exact) mass is 373 g/mol. The Morgan fingerprint density at radius 3 is 2.65 bits per heavy atom.